The minimum absolute atomic E-state index is 0.0459. The van der Waals surface area contributed by atoms with Crippen LogP contribution in [0.25, 0.3) is 0 Å². The Morgan fingerprint density at radius 3 is 2.22 bits per heavy atom. The van der Waals surface area contributed by atoms with Crippen LogP contribution in [0.2, 0.25) is 18.1 Å². The average molecular weight is 457 g/mol. The van der Waals surface area contributed by atoms with Crippen molar-refractivity contribution in [3.8, 4) is 0 Å². The molecule has 0 aliphatic carbocycles. The normalized spacial score (nSPS) is 19.7. The van der Waals surface area contributed by atoms with Crippen molar-refractivity contribution in [1.82, 2.24) is 0 Å². The summed E-state index contributed by atoms with van der Waals surface area (Å²) in [5, 5.41) is 0.210. The van der Waals surface area contributed by atoms with E-state index in [0.29, 0.717) is 6.42 Å². The number of cyclic esters (lactones) is 1. The summed E-state index contributed by atoms with van der Waals surface area (Å²) in [6, 6.07) is 0. The Kier molecular flexibility index (Phi) is 13.2. The molecule has 1 rings (SSSR count). The van der Waals surface area contributed by atoms with E-state index in [0.717, 1.165) is 32.1 Å². The molecule has 0 spiro atoms. The highest BCUT2D eigenvalue weighted by molar-refractivity contribution is 6.74. The first-order valence-corrected chi connectivity index (χ1v) is 14.9. The molecular weight excluding hydrogens is 412 g/mol. The van der Waals surface area contributed by atoms with Gasteiger partial charge in [-0.15, -0.1) is 0 Å². The highest BCUT2D eigenvalue weighted by atomic mass is 28.4. The van der Waals surface area contributed by atoms with Gasteiger partial charge in [0.2, 0.25) is 0 Å². The van der Waals surface area contributed by atoms with Crippen LogP contribution in [0.15, 0.2) is 72.9 Å². The van der Waals surface area contributed by atoms with Crippen LogP contribution >= 0.6 is 0 Å². The molecule has 4 heteroatoms. The number of hydrogen-bond donors (Lipinski definition) is 0. The topological polar surface area (TPSA) is 35.5 Å². The first kappa shape index (κ1) is 28.1. The zero-order chi connectivity index (χ0) is 23.9. The van der Waals surface area contributed by atoms with Crippen LogP contribution < -0.4 is 0 Å². The molecule has 2 atom stereocenters. The van der Waals surface area contributed by atoms with Crippen LogP contribution in [-0.2, 0) is 14.0 Å². The van der Waals surface area contributed by atoms with Gasteiger partial charge in [0.25, 0.3) is 0 Å². The lowest BCUT2D eigenvalue weighted by molar-refractivity contribution is -0.139. The molecular formula is C28H44O3Si. The van der Waals surface area contributed by atoms with Gasteiger partial charge in [0.05, 0.1) is 6.10 Å². The van der Waals surface area contributed by atoms with Crippen LogP contribution in [-0.4, -0.2) is 26.5 Å². The summed E-state index contributed by atoms with van der Waals surface area (Å²) in [5.74, 6) is -0.0959. The highest BCUT2D eigenvalue weighted by Gasteiger charge is 2.38. The maximum atomic E-state index is 11.0. The summed E-state index contributed by atoms with van der Waals surface area (Å²) in [4.78, 5) is 11.0. The van der Waals surface area contributed by atoms with E-state index in [9.17, 15) is 4.79 Å². The molecule has 0 radical (unpaired) electrons. The van der Waals surface area contributed by atoms with Crippen molar-refractivity contribution in [2.24, 2.45) is 0 Å². The molecule has 1 fully saturated rings. The maximum absolute atomic E-state index is 11.0. The lowest BCUT2D eigenvalue weighted by Gasteiger charge is -2.38. The number of ether oxygens (including phenoxy) is 1. The standard InChI is InChI=1S/C28H44O3Si/c1-7-8-17-21-26(31-32(5,6)28(2,3)4)22-19-16-14-12-10-9-11-13-15-18-20-25-23-24-27(29)30-25/h8-10,13-20,22,25-26H,7,11-12,21,23-24H2,1-6H3. The Balaban J connectivity index is 2.38. The fourth-order valence-corrected chi connectivity index (χ4v) is 4.13. The number of carbonyl (C=O) groups is 1. The van der Waals surface area contributed by atoms with Crippen molar-refractivity contribution in [2.75, 3.05) is 0 Å². The van der Waals surface area contributed by atoms with Crippen LogP contribution in [0.5, 0.6) is 0 Å². The molecule has 1 aliphatic rings. The zero-order valence-electron chi connectivity index (χ0n) is 21.1. The lowest BCUT2D eigenvalue weighted by Crippen LogP contribution is -2.43. The van der Waals surface area contributed by atoms with Crippen molar-refractivity contribution < 1.29 is 14.0 Å². The highest BCUT2D eigenvalue weighted by Crippen LogP contribution is 2.37. The lowest BCUT2D eigenvalue weighted by atomic mass is 10.2. The molecule has 0 aromatic heterocycles. The second-order valence-electron chi connectivity index (χ2n) is 9.67. The zero-order valence-corrected chi connectivity index (χ0v) is 22.1. The van der Waals surface area contributed by atoms with Crippen molar-refractivity contribution in [3.05, 3.63) is 72.9 Å². The predicted octanol–water partition coefficient (Wildman–Crippen LogP) is 8.00. The summed E-state index contributed by atoms with van der Waals surface area (Å²) < 4.78 is 11.7. The van der Waals surface area contributed by atoms with Crippen molar-refractivity contribution in [3.63, 3.8) is 0 Å². The van der Waals surface area contributed by atoms with Crippen LogP contribution in [0.3, 0.4) is 0 Å². The Bertz CT molecular complexity index is 717. The van der Waals surface area contributed by atoms with Gasteiger partial charge in [-0.2, -0.15) is 0 Å². The van der Waals surface area contributed by atoms with E-state index in [1.165, 1.54) is 0 Å². The summed E-state index contributed by atoms with van der Waals surface area (Å²) in [6.07, 6.45) is 30.6. The molecule has 0 aromatic rings. The van der Waals surface area contributed by atoms with Crippen molar-refractivity contribution in [1.29, 1.82) is 0 Å². The summed E-state index contributed by atoms with van der Waals surface area (Å²) in [7, 11) is -1.79. The number of carbonyl (C=O) groups excluding carboxylic acids is 1. The third-order valence-corrected chi connectivity index (χ3v) is 10.3. The van der Waals surface area contributed by atoms with E-state index in [2.05, 4.69) is 95.5 Å². The first-order chi connectivity index (χ1) is 15.2. The molecule has 178 valence electrons. The van der Waals surface area contributed by atoms with Gasteiger partial charge < -0.3 is 9.16 Å². The third kappa shape index (κ3) is 12.2. The van der Waals surface area contributed by atoms with E-state index >= 15 is 0 Å². The number of esters is 1. The van der Waals surface area contributed by atoms with Gasteiger partial charge in [-0.3, -0.25) is 4.79 Å². The molecule has 2 unspecified atom stereocenters. The minimum Gasteiger partial charge on any atom is -0.458 e. The van der Waals surface area contributed by atoms with E-state index < -0.39 is 8.32 Å². The van der Waals surface area contributed by atoms with Gasteiger partial charge in [0.15, 0.2) is 8.32 Å². The molecule has 3 nitrogen and oxygen atoms in total. The molecule has 0 bridgehead atoms. The second kappa shape index (κ2) is 15.0. The molecule has 0 N–H and O–H groups in total. The van der Waals surface area contributed by atoms with Gasteiger partial charge in [-0.1, -0.05) is 94.5 Å². The van der Waals surface area contributed by atoms with Gasteiger partial charge in [0, 0.05) is 6.42 Å². The van der Waals surface area contributed by atoms with E-state index in [-0.39, 0.29) is 23.2 Å². The fourth-order valence-electron chi connectivity index (χ4n) is 2.84. The minimum atomic E-state index is -1.79. The Morgan fingerprint density at radius 2 is 1.66 bits per heavy atom. The third-order valence-electron chi connectivity index (χ3n) is 5.80. The Hall–Kier alpha value is -1.91. The predicted molar refractivity (Wildman–Crippen MR) is 140 cm³/mol. The first-order valence-electron chi connectivity index (χ1n) is 12.0. The van der Waals surface area contributed by atoms with E-state index in [4.69, 9.17) is 9.16 Å². The van der Waals surface area contributed by atoms with E-state index in [1.807, 2.05) is 18.2 Å². The Morgan fingerprint density at radius 1 is 1.00 bits per heavy atom. The number of rotatable bonds is 13. The van der Waals surface area contributed by atoms with Gasteiger partial charge in [0.1, 0.15) is 6.10 Å². The van der Waals surface area contributed by atoms with Crippen molar-refractivity contribution >= 4 is 14.3 Å². The number of hydrogen-bond acceptors (Lipinski definition) is 3. The van der Waals surface area contributed by atoms with Crippen LogP contribution in [0.1, 0.15) is 66.2 Å². The molecule has 0 saturated carbocycles. The van der Waals surface area contributed by atoms with Gasteiger partial charge in [-0.25, -0.2) is 0 Å². The van der Waals surface area contributed by atoms with Gasteiger partial charge >= 0.3 is 5.97 Å². The maximum Gasteiger partial charge on any atom is 0.306 e. The summed E-state index contributed by atoms with van der Waals surface area (Å²) >= 11 is 0. The Labute approximate surface area is 197 Å². The quantitative estimate of drug-likeness (QED) is 0.122. The molecule has 1 saturated heterocycles. The van der Waals surface area contributed by atoms with Gasteiger partial charge in [-0.05, 0) is 56.3 Å². The van der Waals surface area contributed by atoms with Crippen LogP contribution in [0, 0.1) is 0 Å². The number of allylic oxidation sites excluding steroid dienone is 9. The van der Waals surface area contributed by atoms with Crippen molar-refractivity contribution in [2.45, 2.75) is 96.6 Å². The molecule has 0 aromatic carbocycles. The van der Waals surface area contributed by atoms with Crippen LogP contribution in [0.4, 0.5) is 0 Å². The second-order valence-corrected chi connectivity index (χ2v) is 14.4. The fraction of sp³-hybridized carbons (Fsp3) is 0.536. The molecule has 32 heavy (non-hydrogen) atoms. The van der Waals surface area contributed by atoms with E-state index in [1.54, 1.807) is 0 Å². The average Bonchev–Trinajstić information content (AvgIpc) is 3.12. The largest absolute Gasteiger partial charge is 0.458 e. The summed E-state index contributed by atoms with van der Waals surface area (Å²) in [6.45, 7) is 13.6. The summed E-state index contributed by atoms with van der Waals surface area (Å²) in [5.41, 5.74) is 0. The molecule has 1 aliphatic heterocycles. The molecule has 0 amide bonds. The smallest absolute Gasteiger partial charge is 0.306 e. The SMILES string of the molecule is CCC=CCC(C=CC=CCC=CCC=CC=CC1CCC(=O)O1)O[Si](C)(C)C(C)(C)C. The molecule has 1 heterocycles. The monoisotopic (exact) mass is 456 g/mol.